The Morgan fingerprint density at radius 1 is 0.538 bits per heavy atom. The Labute approximate surface area is 150 Å². The maximum absolute atomic E-state index is 5.89. The molecule has 2 aliphatic rings. The van der Waals surface area contributed by atoms with Crippen molar-refractivity contribution in [1.82, 2.24) is 0 Å². The van der Waals surface area contributed by atoms with E-state index in [2.05, 4.69) is 0 Å². The van der Waals surface area contributed by atoms with Gasteiger partial charge in [0.2, 0.25) is 12.5 Å². The van der Waals surface area contributed by atoms with Gasteiger partial charge in [-0.3, -0.25) is 0 Å². The molecule has 4 nitrogen and oxygen atoms in total. The van der Waals surface area contributed by atoms with Gasteiger partial charge in [0.05, 0.1) is 23.2 Å². The average Bonchev–Trinajstić information content (AvgIpc) is 2.73. The largest absolute Gasteiger partial charge is 0.471 e. The van der Waals surface area contributed by atoms with Gasteiger partial charge in [0.15, 0.2) is 0 Å². The smallest absolute Gasteiger partial charge is 0.215 e. The van der Waals surface area contributed by atoms with E-state index in [1.165, 1.54) is 0 Å². The van der Waals surface area contributed by atoms with Crippen molar-refractivity contribution in [3.05, 3.63) is 105 Å². The molecule has 26 heavy (non-hydrogen) atoms. The fraction of sp³-hybridized carbons (Fsp3) is 0.0909. The molecule has 0 radical (unpaired) electrons. The molecule has 2 heterocycles. The summed E-state index contributed by atoms with van der Waals surface area (Å²) in [6, 6.07) is 23.9. The van der Waals surface area contributed by atoms with E-state index in [0.717, 1.165) is 32.3 Å². The van der Waals surface area contributed by atoms with Gasteiger partial charge in [-0.05, 0) is 24.3 Å². The van der Waals surface area contributed by atoms with Crippen molar-refractivity contribution >= 4 is 12.5 Å². The van der Waals surface area contributed by atoms with Gasteiger partial charge >= 0.3 is 0 Å². The van der Waals surface area contributed by atoms with Gasteiger partial charge in [-0.1, -0.05) is 48.5 Å². The van der Waals surface area contributed by atoms with Crippen LogP contribution in [0, 0.1) is 0 Å². The van der Waals surface area contributed by atoms with Gasteiger partial charge in [0.1, 0.15) is 0 Å². The van der Waals surface area contributed by atoms with Crippen molar-refractivity contribution in [2.45, 2.75) is 12.5 Å². The van der Waals surface area contributed by atoms with Gasteiger partial charge in [0, 0.05) is 21.6 Å². The van der Waals surface area contributed by atoms with Crippen molar-refractivity contribution in [1.29, 1.82) is 0 Å². The van der Waals surface area contributed by atoms with Crippen LogP contribution in [0.15, 0.2) is 82.8 Å². The molecule has 0 N–H and O–H groups in total. The highest BCUT2D eigenvalue weighted by Crippen LogP contribution is 2.30. The Bertz CT molecular complexity index is 1120. The molecule has 0 aliphatic carbocycles. The number of rotatable bonds is 2. The first kappa shape index (κ1) is 14.9. The van der Waals surface area contributed by atoms with Crippen LogP contribution < -0.4 is 21.2 Å². The van der Waals surface area contributed by atoms with Crippen LogP contribution in [0.2, 0.25) is 0 Å². The van der Waals surface area contributed by atoms with Crippen molar-refractivity contribution in [3.8, 4) is 0 Å². The highest BCUT2D eigenvalue weighted by molar-refractivity contribution is 5.34. The molecule has 3 aromatic rings. The molecule has 0 aromatic heterocycles. The quantitative estimate of drug-likeness (QED) is 0.715. The zero-order valence-electron chi connectivity index (χ0n) is 13.9. The molecular formula is C22H16N2O2. The highest BCUT2D eigenvalue weighted by Gasteiger charge is 2.22. The second kappa shape index (κ2) is 6.15. The van der Waals surface area contributed by atoms with E-state index >= 15 is 0 Å². The normalized spacial score (nSPS) is 19.8. The number of benzene rings is 3. The third-order valence-electron chi connectivity index (χ3n) is 4.56. The van der Waals surface area contributed by atoms with Gasteiger partial charge < -0.3 is 9.47 Å². The standard InChI is InChI=1S/C22H16N2O2/c1-5-11-19-15(7-1)13-25-21(23-19)17-9-3-4-10-18(17)22-24-20-12-6-2-8-16(20)14-26-22/h1-14,21-22H. The number of fused-ring (bicyclic) bond motifs is 2. The van der Waals surface area contributed by atoms with Crippen LogP contribution in [0.3, 0.4) is 0 Å². The second-order valence-electron chi connectivity index (χ2n) is 6.22. The monoisotopic (exact) mass is 340 g/mol. The first-order valence-corrected chi connectivity index (χ1v) is 8.54. The first-order valence-electron chi connectivity index (χ1n) is 8.54. The zero-order chi connectivity index (χ0) is 17.3. The molecule has 126 valence electrons. The number of hydrogen-bond donors (Lipinski definition) is 0. The molecule has 0 amide bonds. The Balaban J connectivity index is 1.59. The Morgan fingerprint density at radius 2 is 0.962 bits per heavy atom. The summed E-state index contributed by atoms with van der Waals surface area (Å²) in [5.41, 5.74) is 1.92. The van der Waals surface area contributed by atoms with E-state index in [1.54, 1.807) is 12.5 Å². The molecule has 2 aliphatic heterocycles. The van der Waals surface area contributed by atoms with Crippen molar-refractivity contribution in [3.63, 3.8) is 0 Å². The summed E-state index contributed by atoms with van der Waals surface area (Å²) in [5.74, 6) is 0. The van der Waals surface area contributed by atoms with Crippen LogP contribution in [0.4, 0.5) is 0 Å². The third-order valence-corrected chi connectivity index (χ3v) is 4.56. The molecule has 0 fully saturated rings. The van der Waals surface area contributed by atoms with Gasteiger partial charge in [0.25, 0.3) is 0 Å². The maximum atomic E-state index is 5.89. The van der Waals surface area contributed by atoms with Gasteiger partial charge in [-0.2, -0.15) is 0 Å². The molecule has 3 aromatic carbocycles. The molecule has 0 saturated carbocycles. The molecule has 0 saturated heterocycles. The molecule has 0 spiro atoms. The maximum Gasteiger partial charge on any atom is 0.215 e. The summed E-state index contributed by atoms with van der Waals surface area (Å²) in [7, 11) is 0. The lowest BCUT2D eigenvalue weighted by Crippen LogP contribution is -2.31. The fourth-order valence-electron chi connectivity index (χ4n) is 3.24. The minimum absolute atomic E-state index is 0.405. The van der Waals surface area contributed by atoms with Crippen LogP contribution >= 0.6 is 0 Å². The van der Waals surface area contributed by atoms with Crippen molar-refractivity contribution in [2.75, 3.05) is 0 Å². The fourth-order valence-corrected chi connectivity index (χ4v) is 3.24. The molecule has 2 atom stereocenters. The van der Waals surface area contributed by atoms with Crippen molar-refractivity contribution < 1.29 is 9.47 Å². The zero-order valence-corrected chi connectivity index (χ0v) is 13.9. The second-order valence-corrected chi connectivity index (χ2v) is 6.22. The van der Waals surface area contributed by atoms with E-state index in [4.69, 9.17) is 19.5 Å². The van der Waals surface area contributed by atoms with Crippen LogP contribution in [0.1, 0.15) is 23.6 Å². The van der Waals surface area contributed by atoms with Crippen LogP contribution in [-0.2, 0) is 9.47 Å². The molecule has 2 unspecified atom stereocenters. The lowest BCUT2D eigenvalue weighted by Gasteiger charge is -2.22. The highest BCUT2D eigenvalue weighted by atomic mass is 16.5. The van der Waals surface area contributed by atoms with Crippen molar-refractivity contribution in [2.24, 2.45) is 9.98 Å². The minimum atomic E-state index is -0.405. The van der Waals surface area contributed by atoms with E-state index in [1.807, 2.05) is 72.8 Å². The summed E-state index contributed by atoms with van der Waals surface area (Å²) in [6.45, 7) is 0. The van der Waals surface area contributed by atoms with E-state index < -0.39 is 12.5 Å². The number of nitrogens with zero attached hydrogens (tertiary/aromatic N) is 2. The van der Waals surface area contributed by atoms with Gasteiger partial charge in [-0.15, -0.1) is 0 Å². The number of para-hydroxylation sites is 2. The third kappa shape index (κ3) is 2.56. The first-order chi connectivity index (χ1) is 12.9. The Hall–Kier alpha value is -3.40. The minimum Gasteiger partial charge on any atom is -0.471 e. The SMILES string of the molecule is C1=c2ccccc2=NC(c2ccccc2C2N=c3ccccc3=CO2)O1. The molecule has 4 heteroatoms. The number of hydrogen-bond acceptors (Lipinski definition) is 4. The molecule has 0 bridgehead atoms. The number of ether oxygens (including phenoxy) is 2. The molecular weight excluding hydrogens is 324 g/mol. The lowest BCUT2D eigenvalue weighted by molar-refractivity contribution is 0.159. The average molecular weight is 340 g/mol. The topological polar surface area (TPSA) is 43.2 Å². The predicted octanol–water partition coefficient (Wildman–Crippen LogP) is 1.86. The van der Waals surface area contributed by atoms with Crippen LogP contribution in [-0.4, -0.2) is 0 Å². The lowest BCUT2D eigenvalue weighted by atomic mass is 10.0. The summed E-state index contributed by atoms with van der Waals surface area (Å²) in [6.07, 6.45) is 2.72. The van der Waals surface area contributed by atoms with E-state index in [-0.39, 0.29) is 0 Å². The Morgan fingerprint density at radius 3 is 1.46 bits per heavy atom. The summed E-state index contributed by atoms with van der Waals surface area (Å²) >= 11 is 0. The summed E-state index contributed by atoms with van der Waals surface area (Å²) in [4.78, 5) is 9.51. The van der Waals surface area contributed by atoms with Gasteiger partial charge in [-0.25, -0.2) is 9.98 Å². The Kier molecular flexibility index (Phi) is 3.53. The molecule has 5 rings (SSSR count). The summed E-state index contributed by atoms with van der Waals surface area (Å²) < 4.78 is 11.8. The van der Waals surface area contributed by atoms with Crippen LogP contribution in [0.25, 0.3) is 12.5 Å². The van der Waals surface area contributed by atoms with E-state index in [0.29, 0.717) is 0 Å². The summed E-state index contributed by atoms with van der Waals surface area (Å²) in [5, 5.41) is 3.83. The van der Waals surface area contributed by atoms with Crippen LogP contribution in [0.5, 0.6) is 0 Å². The predicted molar refractivity (Wildman–Crippen MR) is 97.5 cm³/mol. The van der Waals surface area contributed by atoms with E-state index in [9.17, 15) is 0 Å².